The fourth-order valence-corrected chi connectivity index (χ4v) is 4.16. The van der Waals surface area contributed by atoms with Gasteiger partial charge in [0.25, 0.3) is 11.8 Å². The molecule has 1 N–H and O–H groups in total. The highest BCUT2D eigenvalue weighted by atomic mass is 79.9. The highest BCUT2D eigenvalue weighted by Gasteiger charge is 2.37. The third-order valence-corrected chi connectivity index (χ3v) is 6.58. The lowest BCUT2D eigenvalue weighted by atomic mass is 10.1. The minimum Gasteiger partial charge on any atom is -0.490 e. The van der Waals surface area contributed by atoms with Crippen molar-refractivity contribution < 1.29 is 28.2 Å². The summed E-state index contributed by atoms with van der Waals surface area (Å²) in [5.41, 5.74) is 1.97. The van der Waals surface area contributed by atoms with Crippen molar-refractivity contribution in [3.8, 4) is 11.5 Å². The molecule has 4 rings (SSSR count). The van der Waals surface area contributed by atoms with Crippen molar-refractivity contribution in [1.82, 2.24) is 5.32 Å². The van der Waals surface area contributed by atoms with Crippen LogP contribution in [0.25, 0.3) is 6.08 Å². The van der Waals surface area contributed by atoms with Gasteiger partial charge in [-0.05, 0) is 73.0 Å². The Morgan fingerprint density at radius 1 is 1.03 bits per heavy atom. The van der Waals surface area contributed by atoms with Gasteiger partial charge in [-0.2, -0.15) is 0 Å². The molecule has 0 radical (unpaired) electrons. The van der Waals surface area contributed by atoms with Gasteiger partial charge >= 0.3 is 6.03 Å². The Morgan fingerprint density at radius 3 is 2.41 bits per heavy atom. The lowest BCUT2D eigenvalue weighted by Crippen LogP contribution is -2.54. The first kappa shape index (κ1) is 26.4. The second-order valence-corrected chi connectivity index (χ2v) is 9.32. The van der Waals surface area contributed by atoms with E-state index in [2.05, 4.69) is 21.2 Å². The van der Waals surface area contributed by atoms with E-state index in [1.165, 1.54) is 24.3 Å². The molecule has 0 bridgehead atoms. The summed E-state index contributed by atoms with van der Waals surface area (Å²) in [6, 6.07) is 13.0. The Labute approximate surface area is 225 Å². The first-order valence-corrected chi connectivity index (χ1v) is 12.4. The summed E-state index contributed by atoms with van der Waals surface area (Å²) in [6.45, 7) is 4.10. The molecule has 3 aromatic rings. The van der Waals surface area contributed by atoms with E-state index >= 15 is 0 Å². The lowest BCUT2D eigenvalue weighted by molar-refractivity contribution is -0.122. The Kier molecular flexibility index (Phi) is 7.94. The highest BCUT2D eigenvalue weighted by Crippen LogP contribution is 2.36. The van der Waals surface area contributed by atoms with Gasteiger partial charge in [-0.25, -0.2) is 14.1 Å². The van der Waals surface area contributed by atoms with Crippen molar-refractivity contribution >= 4 is 57.1 Å². The summed E-state index contributed by atoms with van der Waals surface area (Å²) in [5, 5.41) is 2.57. The van der Waals surface area contributed by atoms with Crippen LogP contribution in [-0.4, -0.2) is 24.5 Å². The quantitative estimate of drug-likeness (QED) is 0.263. The summed E-state index contributed by atoms with van der Waals surface area (Å²) in [5.74, 6) is -1.18. The number of nitrogens with one attached hydrogen (secondary N) is 1. The second-order valence-electron chi connectivity index (χ2n) is 8.06. The van der Waals surface area contributed by atoms with Gasteiger partial charge in [-0.1, -0.05) is 45.7 Å². The number of carbonyl (C=O) groups is 3. The molecule has 4 amide bonds. The molecule has 1 saturated heterocycles. The van der Waals surface area contributed by atoms with Gasteiger partial charge in [0.05, 0.1) is 12.3 Å². The van der Waals surface area contributed by atoms with Crippen LogP contribution in [0.2, 0.25) is 5.02 Å². The number of carbonyl (C=O) groups excluding carboxylic acids is 3. The maximum atomic E-state index is 13.3. The van der Waals surface area contributed by atoms with E-state index in [1.807, 2.05) is 0 Å². The topological polar surface area (TPSA) is 84.9 Å². The predicted octanol–water partition coefficient (Wildman–Crippen LogP) is 6.19. The minimum absolute atomic E-state index is 0.171. The lowest BCUT2D eigenvalue weighted by Gasteiger charge is -2.26. The molecule has 1 aliphatic rings. The smallest absolute Gasteiger partial charge is 0.335 e. The number of nitrogens with zero attached hydrogens (tertiary/aromatic N) is 1. The number of urea groups is 1. The number of amides is 4. The average Bonchev–Trinajstić information content (AvgIpc) is 2.85. The number of ether oxygens (including phenoxy) is 2. The molecule has 3 aromatic carbocycles. The molecule has 1 heterocycles. The zero-order chi connectivity index (χ0) is 26.7. The Balaban J connectivity index is 1.66. The zero-order valence-corrected chi connectivity index (χ0v) is 22.2. The fraction of sp³-hybridized carbons (Fsp3) is 0.148. The van der Waals surface area contributed by atoms with E-state index in [0.29, 0.717) is 33.2 Å². The number of benzene rings is 3. The first-order valence-electron chi connectivity index (χ1n) is 11.2. The molecular formula is C27H21BrClFN2O5. The van der Waals surface area contributed by atoms with Crippen LogP contribution in [-0.2, 0) is 16.2 Å². The second kappa shape index (κ2) is 11.1. The Morgan fingerprint density at radius 2 is 1.73 bits per heavy atom. The highest BCUT2D eigenvalue weighted by molar-refractivity contribution is 9.10. The normalized spacial score (nSPS) is 14.7. The van der Waals surface area contributed by atoms with Gasteiger partial charge in [0.1, 0.15) is 18.0 Å². The van der Waals surface area contributed by atoms with Gasteiger partial charge in [0.15, 0.2) is 11.5 Å². The van der Waals surface area contributed by atoms with Crippen LogP contribution in [0.3, 0.4) is 0 Å². The molecule has 0 spiro atoms. The molecule has 0 atom stereocenters. The number of anilines is 1. The minimum atomic E-state index is -0.870. The van der Waals surface area contributed by atoms with Crippen LogP contribution in [0.1, 0.15) is 23.6 Å². The molecule has 1 fully saturated rings. The van der Waals surface area contributed by atoms with Crippen molar-refractivity contribution in [2.24, 2.45) is 0 Å². The molecule has 190 valence electrons. The largest absolute Gasteiger partial charge is 0.490 e. The number of halogens is 3. The van der Waals surface area contributed by atoms with E-state index in [9.17, 15) is 18.8 Å². The average molecular weight is 588 g/mol. The number of hydrogen-bond acceptors (Lipinski definition) is 5. The summed E-state index contributed by atoms with van der Waals surface area (Å²) in [6.07, 6.45) is 1.36. The summed E-state index contributed by atoms with van der Waals surface area (Å²) in [4.78, 5) is 39.2. The molecule has 0 saturated carbocycles. The van der Waals surface area contributed by atoms with Gasteiger partial charge in [0.2, 0.25) is 0 Å². The molecule has 0 unspecified atom stereocenters. The van der Waals surface area contributed by atoms with Crippen molar-refractivity contribution in [3.63, 3.8) is 0 Å². The number of hydrogen-bond donors (Lipinski definition) is 1. The number of barbiturate groups is 1. The maximum Gasteiger partial charge on any atom is 0.335 e. The van der Waals surface area contributed by atoms with Crippen LogP contribution in [0.15, 0.2) is 64.6 Å². The van der Waals surface area contributed by atoms with Crippen LogP contribution >= 0.6 is 27.5 Å². The Hall–Kier alpha value is -3.69. The molecule has 37 heavy (non-hydrogen) atoms. The van der Waals surface area contributed by atoms with E-state index in [4.69, 9.17) is 21.1 Å². The standard InChI is InChI=1S/C27H21BrClFN2O5/c1-3-36-23-11-17(21(28)13-24(23)37-14-16-5-7-18(30)8-6-16)10-20-25(33)31-27(35)32(26(20)34)19-9-4-15(2)22(29)12-19/h4-13H,3,14H2,1-2H3,(H,31,33,35)/b20-10-. The number of imide groups is 2. The van der Waals surface area contributed by atoms with E-state index in [-0.39, 0.29) is 23.7 Å². The van der Waals surface area contributed by atoms with E-state index in [0.717, 1.165) is 16.0 Å². The molecule has 7 nitrogen and oxygen atoms in total. The zero-order valence-electron chi connectivity index (χ0n) is 19.8. The van der Waals surface area contributed by atoms with Crippen LogP contribution in [0.5, 0.6) is 11.5 Å². The fourth-order valence-electron chi connectivity index (χ4n) is 3.55. The summed E-state index contributed by atoms with van der Waals surface area (Å²) < 4.78 is 25.3. The van der Waals surface area contributed by atoms with E-state index < -0.39 is 17.8 Å². The van der Waals surface area contributed by atoms with Crippen molar-refractivity contribution in [2.75, 3.05) is 11.5 Å². The number of rotatable bonds is 7. The SMILES string of the molecule is CCOc1cc(/C=C2/C(=O)NC(=O)N(c3ccc(C)c(Cl)c3)C2=O)c(Br)cc1OCc1ccc(F)cc1. The van der Waals surface area contributed by atoms with Gasteiger partial charge in [0, 0.05) is 9.50 Å². The van der Waals surface area contributed by atoms with Crippen LogP contribution < -0.4 is 19.7 Å². The molecule has 1 aliphatic heterocycles. The van der Waals surface area contributed by atoms with Gasteiger partial charge in [-0.15, -0.1) is 0 Å². The maximum absolute atomic E-state index is 13.3. The van der Waals surface area contributed by atoms with Crippen molar-refractivity contribution in [3.05, 3.63) is 92.2 Å². The third-order valence-electron chi connectivity index (χ3n) is 5.49. The Bertz CT molecular complexity index is 1430. The van der Waals surface area contributed by atoms with Gasteiger partial charge in [-0.3, -0.25) is 14.9 Å². The van der Waals surface area contributed by atoms with E-state index in [1.54, 1.807) is 50.2 Å². The summed E-state index contributed by atoms with van der Waals surface area (Å²) in [7, 11) is 0. The van der Waals surface area contributed by atoms with Gasteiger partial charge < -0.3 is 9.47 Å². The van der Waals surface area contributed by atoms with Crippen LogP contribution in [0.4, 0.5) is 14.9 Å². The first-order chi connectivity index (χ1) is 17.7. The van der Waals surface area contributed by atoms with Crippen LogP contribution in [0, 0.1) is 12.7 Å². The van der Waals surface area contributed by atoms with Crippen molar-refractivity contribution in [1.29, 1.82) is 0 Å². The number of aryl methyl sites for hydroxylation is 1. The predicted molar refractivity (Wildman–Crippen MR) is 141 cm³/mol. The molecule has 0 aromatic heterocycles. The third kappa shape index (κ3) is 5.84. The molecular weight excluding hydrogens is 567 g/mol. The summed E-state index contributed by atoms with van der Waals surface area (Å²) >= 11 is 9.63. The monoisotopic (exact) mass is 586 g/mol. The molecule has 10 heteroatoms. The molecule has 0 aliphatic carbocycles. The van der Waals surface area contributed by atoms with Crippen molar-refractivity contribution in [2.45, 2.75) is 20.5 Å².